The van der Waals surface area contributed by atoms with Crippen molar-refractivity contribution in [2.75, 3.05) is 19.3 Å². The van der Waals surface area contributed by atoms with Crippen LogP contribution in [0.5, 0.6) is 0 Å². The maximum atomic E-state index is 11.4. The van der Waals surface area contributed by atoms with Crippen molar-refractivity contribution in [2.45, 2.75) is 13.3 Å². The number of rotatable bonds is 3. The number of nitrogens with zero attached hydrogens (tertiary/aromatic N) is 2. The predicted molar refractivity (Wildman–Crippen MR) is 57.4 cm³/mol. The zero-order chi connectivity index (χ0) is 11.3. The van der Waals surface area contributed by atoms with Gasteiger partial charge in [0.05, 0.1) is 5.75 Å². The molecule has 0 atom stereocenters. The molecule has 1 rings (SSSR count). The van der Waals surface area contributed by atoms with Gasteiger partial charge in [0.25, 0.3) is 0 Å². The normalized spacial score (nSPS) is 18.4. The minimum absolute atomic E-state index is 0.00102. The van der Waals surface area contributed by atoms with Gasteiger partial charge in [-0.05, 0) is 11.6 Å². The van der Waals surface area contributed by atoms with Crippen LogP contribution in [-0.2, 0) is 9.63 Å². The standard InChI is InChI=1S/C8H13N3O3S/c1-3-4-11-6(12)5-15-7(11)10-14-8(13)9-2/h3-5H2,1-2H3,(H,9,13). The topological polar surface area (TPSA) is 71.0 Å². The SMILES string of the molecule is CCCN1C(=O)CSC1=NOC(=O)NC. The van der Waals surface area contributed by atoms with Gasteiger partial charge in [0.2, 0.25) is 11.1 Å². The molecule has 0 spiro atoms. The van der Waals surface area contributed by atoms with E-state index in [-0.39, 0.29) is 5.91 Å². The summed E-state index contributed by atoms with van der Waals surface area (Å²) in [5.41, 5.74) is 0. The lowest BCUT2D eigenvalue weighted by atomic mass is 10.4. The molecule has 0 aliphatic carbocycles. The summed E-state index contributed by atoms with van der Waals surface area (Å²) in [6.07, 6.45) is 0.199. The van der Waals surface area contributed by atoms with Crippen LogP contribution >= 0.6 is 11.8 Å². The molecule has 0 aromatic carbocycles. The van der Waals surface area contributed by atoms with Crippen molar-refractivity contribution in [2.24, 2.45) is 5.16 Å². The number of hydrogen-bond acceptors (Lipinski definition) is 5. The lowest BCUT2D eigenvalue weighted by molar-refractivity contribution is -0.124. The number of carbonyl (C=O) groups excluding carboxylic acids is 2. The second kappa shape index (κ2) is 5.59. The smallest absolute Gasteiger partial charge is 0.323 e. The molecule has 15 heavy (non-hydrogen) atoms. The molecule has 1 heterocycles. The van der Waals surface area contributed by atoms with Crippen LogP contribution in [0.1, 0.15) is 13.3 Å². The molecule has 0 aromatic rings. The summed E-state index contributed by atoms with van der Waals surface area (Å²) in [6, 6.07) is 0. The summed E-state index contributed by atoms with van der Waals surface area (Å²) in [4.78, 5) is 28.2. The largest absolute Gasteiger partial charge is 0.433 e. The molecule has 1 aliphatic heterocycles. The number of amidine groups is 1. The molecule has 1 aliphatic rings. The highest BCUT2D eigenvalue weighted by molar-refractivity contribution is 8.15. The van der Waals surface area contributed by atoms with Crippen molar-refractivity contribution in [3.05, 3.63) is 0 Å². The Morgan fingerprint density at radius 3 is 3.07 bits per heavy atom. The van der Waals surface area contributed by atoms with Crippen LogP contribution in [0.15, 0.2) is 5.16 Å². The lowest BCUT2D eigenvalue weighted by Gasteiger charge is -2.13. The van der Waals surface area contributed by atoms with E-state index < -0.39 is 6.09 Å². The molecule has 7 heteroatoms. The number of thioether (sulfide) groups is 1. The third kappa shape index (κ3) is 3.12. The zero-order valence-corrected chi connectivity index (χ0v) is 9.47. The average Bonchev–Trinajstić information content (AvgIpc) is 2.58. The Kier molecular flexibility index (Phi) is 4.41. The van der Waals surface area contributed by atoms with Crippen LogP contribution in [0.3, 0.4) is 0 Å². The number of carbonyl (C=O) groups is 2. The van der Waals surface area contributed by atoms with Crippen molar-refractivity contribution in [3.63, 3.8) is 0 Å². The molecule has 84 valence electrons. The molecule has 0 aromatic heterocycles. The molecule has 0 radical (unpaired) electrons. The fourth-order valence-electron chi connectivity index (χ4n) is 1.03. The second-order valence-corrected chi connectivity index (χ2v) is 3.78. The first-order chi connectivity index (χ1) is 7.19. The fraction of sp³-hybridized carbons (Fsp3) is 0.625. The molecule has 0 unspecified atom stereocenters. The highest BCUT2D eigenvalue weighted by Gasteiger charge is 2.28. The average molecular weight is 231 g/mol. The van der Waals surface area contributed by atoms with E-state index in [1.807, 2.05) is 6.92 Å². The summed E-state index contributed by atoms with van der Waals surface area (Å²) in [7, 11) is 1.44. The Morgan fingerprint density at radius 2 is 2.47 bits per heavy atom. The molecule has 0 saturated carbocycles. The van der Waals surface area contributed by atoms with Crippen LogP contribution in [0.2, 0.25) is 0 Å². The molecule has 1 saturated heterocycles. The molecule has 1 N–H and O–H groups in total. The van der Waals surface area contributed by atoms with Crippen LogP contribution in [-0.4, -0.2) is 41.4 Å². The van der Waals surface area contributed by atoms with Crippen molar-refractivity contribution in [3.8, 4) is 0 Å². The third-order valence-corrected chi connectivity index (χ3v) is 2.66. The highest BCUT2D eigenvalue weighted by atomic mass is 32.2. The van der Waals surface area contributed by atoms with E-state index in [9.17, 15) is 9.59 Å². The third-order valence-electron chi connectivity index (χ3n) is 1.71. The first kappa shape index (κ1) is 11.8. The van der Waals surface area contributed by atoms with E-state index >= 15 is 0 Å². The Labute approximate surface area is 92.0 Å². The van der Waals surface area contributed by atoms with Crippen LogP contribution in [0, 0.1) is 0 Å². The maximum absolute atomic E-state index is 11.4. The van der Waals surface area contributed by atoms with E-state index in [4.69, 9.17) is 0 Å². The van der Waals surface area contributed by atoms with Gasteiger partial charge in [-0.3, -0.25) is 14.5 Å². The highest BCUT2D eigenvalue weighted by Crippen LogP contribution is 2.19. The van der Waals surface area contributed by atoms with Gasteiger partial charge >= 0.3 is 6.09 Å². The van der Waals surface area contributed by atoms with Crippen molar-refractivity contribution in [1.29, 1.82) is 0 Å². The molecule has 0 bridgehead atoms. The minimum Gasteiger partial charge on any atom is -0.323 e. The number of amides is 2. The first-order valence-corrected chi connectivity index (χ1v) is 5.57. The maximum Gasteiger partial charge on any atom is 0.433 e. The van der Waals surface area contributed by atoms with Gasteiger partial charge in [0.15, 0.2) is 0 Å². The summed E-state index contributed by atoms with van der Waals surface area (Å²) in [6.45, 7) is 2.56. The van der Waals surface area contributed by atoms with E-state index in [0.717, 1.165) is 6.42 Å². The van der Waals surface area contributed by atoms with E-state index in [1.165, 1.54) is 23.7 Å². The quantitative estimate of drug-likeness (QED) is 0.570. The summed E-state index contributed by atoms with van der Waals surface area (Å²) < 4.78 is 0. The minimum atomic E-state index is -0.640. The Morgan fingerprint density at radius 1 is 1.73 bits per heavy atom. The first-order valence-electron chi connectivity index (χ1n) is 4.59. The zero-order valence-electron chi connectivity index (χ0n) is 8.65. The van der Waals surface area contributed by atoms with E-state index in [1.54, 1.807) is 0 Å². The Hall–Kier alpha value is -1.24. The van der Waals surface area contributed by atoms with Gasteiger partial charge in [-0.1, -0.05) is 18.7 Å². The van der Waals surface area contributed by atoms with Gasteiger partial charge in [-0.2, -0.15) is 0 Å². The number of nitrogens with one attached hydrogen (secondary N) is 1. The van der Waals surface area contributed by atoms with Gasteiger partial charge in [-0.15, -0.1) is 0 Å². The number of hydrogen-bond donors (Lipinski definition) is 1. The van der Waals surface area contributed by atoms with Gasteiger partial charge < -0.3 is 5.32 Å². The summed E-state index contributed by atoms with van der Waals surface area (Å²) >= 11 is 1.27. The fourth-order valence-corrected chi connectivity index (χ4v) is 1.88. The molecule has 1 fully saturated rings. The lowest BCUT2D eigenvalue weighted by Crippen LogP contribution is -2.30. The van der Waals surface area contributed by atoms with Crippen LogP contribution < -0.4 is 5.32 Å². The molecule has 2 amide bonds. The molecular weight excluding hydrogens is 218 g/mol. The predicted octanol–water partition coefficient (Wildman–Crippen LogP) is 0.599. The molecule has 6 nitrogen and oxygen atoms in total. The van der Waals surface area contributed by atoms with Crippen molar-refractivity contribution in [1.82, 2.24) is 10.2 Å². The van der Waals surface area contributed by atoms with Crippen LogP contribution in [0.25, 0.3) is 0 Å². The monoisotopic (exact) mass is 231 g/mol. The second-order valence-electron chi connectivity index (χ2n) is 2.84. The van der Waals surface area contributed by atoms with Crippen molar-refractivity contribution < 1.29 is 14.4 Å². The molecular formula is C8H13N3O3S. The van der Waals surface area contributed by atoms with Gasteiger partial charge in [0, 0.05) is 13.6 Å². The van der Waals surface area contributed by atoms with Gasteiger partial charge in [0.1, 0.15) is 0 Å². The Bertz CT molecular complexity index is 293. The van der Waals surface area contributed by atoms with Crippen molar-refractivity contribution >= 4 is 28.9 Å². The van der Waals surface area contributed by atoms with Gasteiger partial charge in [-0.25, -0.2) is 4.79 Å². The number of oxime groups is 1. The summed E-state index contributed by atoms with van der Waals surface area (Å²) in [5, 5.41) is 6.33. The summed E-state index contributed by atoms with van der Waals surface area (Å²) in [5.74, 6) is 0.358. The van der Waals surface area contributed by atoms with Crippen LogP contribution in [0.4, 0.5) is 4.79 Å². The van der Waals surface area contributed by atoms with E-state index in [0.29, 0.717) is 17.5 Å². The Balaban J connectivity index is 2.59. The van der Waals surface area contributed by atoms with E-state index in [2.05, 4.69) is 15.3 Å².